The minimum absolute atomic E-state index is 0.158. The number of methoxy groups -OCH3 is 1. The number of ether oxygens (including phenoxy) is 1. The molecule has 110 valence electrons. The second kappa shape index (κ2) is 6.39. The molecule has 0 saturated carbocycles. The maximum absolute atomic E-state index is 12.2. The largest absolute Gasteiger partial charge is 0.507 e. The van der Waals surface area contributed by atoms with Gasteiger partial charge in [0.1, 0.15) is 18.0 Å². The van der Waals surface area contributed by atoms with Crippen molar-refractivity contribution in [3.63, 3.8) is 0 Å². The van der Waals surface area contributed by atoms with Crippen LogP contribution in [0.15, 0.2) is 23.9 Å². The molecule has 8 heteroatoms. The van der Waals surface area contributed by atoms with E-state index in [1.54, 1.807) is 18.2 Å². The number of rotatable bonds is 3. The lowest BCUT2D eigenvalue weighted by Crippen LogP contribution is -2.35. The summed E-state index contributed by atoms with van der Waals surface area (Å²) in [5.74, 6) is -0.771. The molecule has 0 radical (unpaired) electrons. The van der Waals surface area contributed by atoms with Crippen molar-refractivity contribution in [2.75, 3.05) is 13.7 Å². The standard InChI is InChI=1S/C13H11IN2O4S/c1-20-11(18)6-16-12(19)9(15-13(16)21)5-7-2-3-10(17)8(14)4-7/h2-5,17H,6H2,1H3,(H,15,21)/b9-5-. The minimum Gasteiger partial charge on any atom is -0.507 e. The fraction of sp³-hybridized carbons (Fsp3) is 0.154. The number of halogens is 1. The highest BCUT2D eigenvalue weighted by Gasteiger charge is 2.32. The number of hydrogen-bond donors (Lipinski definition) is 2. The number of benzene rings is 1. The molecule has 0 aliphatic carbocycles. The molecule has 0 aromatic heterocycles. The van der Waals surface area contributed by atoms with Crippen molar-refractivity contribution in [2.45, 2.75) is 0 Å². The van der Waals surface area contributed by atoms with Gasteiger partial charge in [-0.05, 0) is 58.6 Å². The molecular formula is C13H11IN2O4S. The predicted molar refractivity (Wildman–Crippen MR) is 88.3 cm³/mol. The molecule has 1 amide bonds. The van der Waals surface area contributed by atoms with Gasteiger partial charge in [-0.15, -0.1) is 0 Å². The van der Waals surface area contributed by atoms with Crippen LogP contribution in [0.5, 0.6) is 5.75 Å². The molecule has 1 aromatic carbocycles. The lowest BCUT2D eigenvalue weighted by molar-refractivity contribution is -0.143. The number of phenolic OH excluding ortho intramolecular Hbond substituents is 1. The van der Waals surface area contributed by atoms with E-state index in [2.05, 4.69) is 10.1 Å². The molecule has 0 spiro atoms. The summed E-state index contributed by atoms with van der Waals surface area (Å²) in [5, 5.41) is 12.4. The number of nitrogens with zero attached hydrogens (tertiary/aromatic N) is 1. The van der Waals surface area contributed by atoms with Crippen LogP contribution in [-0.2, 0) is 14.3 Å². The first kappa shape index (κ1) is 15.7. The third-order valence-corrected chi connectivity index (χ3v) is 3.95. The van der Waals surface area contributed by atoms with E-state index >= 15 is 0 Å². The van der Waals surface area contributed by atoms with Gasteiger partial charge in [-0.1, -0.05) is 6.07 Å². The van der Waals surface area contributed by atoms with Crippen LogP contribution in [0.1, 0.15) is 5.56 Å². The second-order valence-corrected chi connectivity index (χ2v) is 5.72. The first-order valence-corrected chi connectivity index (χ1v) is 7.31. The van der Waals surface area contributed by atoms with Gasteiger partial charge in [-0.25, -0.2) is 0 Å². The van der Waals surface area contributed by atoms with Gasteiger partial charge in [0, 0.05) is 0 Å². The maximum Gasteiger partial charge on any atom is 0.325 e. The Balaban J connectivity index is 2.23. The fourth-order valence-corrected chi connectivity index (χ4v) is 2.49. The summed E-state index contributed by atoms with van der Waals surface area (Å²) in [6.07, 6.45) is 1.60. The maximum atomic E-state index is 12.2. The zero-order valence-electron chi connectivity index (χ0n) is 10.9. The van der Waals surface area contributed by atoms with Crippen LogP contribution in [0, 0.1) is 3.57 Å². The van der Waals surface area contributed by atoms with E-state index in [0.717, 1.165) is 10.5 Å². The van der Waals surface area contributed by atoms with Crippen molar-refractivity contribution in [2.24, 2.45) is 0 Å². The third-order valence-electron chi connectivity index (χ3n) is 2.76. The molecule has 1 fully saturated rings. The van der Waals surface area contributed by atoms with Gasteiger partial charge in [0.15, 0.2) is 5.11 Å². The van der Waals surface area contributed by atoms with Gasteiger partial charge in [0.2, 0.25) is 0 Å². The normalized spacial score (nSPS) is 16.3. The van der Waals surface area contributed by atoms with E-state index in [9.17, 15) is 14.7 Å². The van der Waals surface area contributed by atoms with E-state index < -0.39 is 11.9 Å². The SMILES string of the molecule is COC(=O)CN1C(=O)/C(=C/c2ccc(O)c(I)c2)NC1=S. The molecule has 0 unspecified atom stereocenters. The molecule has 21 heavy (non-hydrogen) atoms. The lowest BCUT2D eigenvalue weighted by atomic mass is 10.2. The first-order valence-electron chi connectivity index (χ1n) is 5.82. The number of carbonyl (C=O) groups excluding carboxylic acids is 2. The van der Waals surface area contributed by atoms with Gasteiger partial charge < -0.3 is 15.2 Å². The van der Waals surface area contributed by atoms with E-state index in [1.165, 1.54) is 13.2 Å². The molecule has 6 nitrogen and oxygen atoms in total. The van der Waals surface area contributed by atoms with Gasteiger partial charge in [0.05, 0.1) is 10.7 Å². The number of nitrogens with one attached hydrogen (secondary N) is 1. The number of amides is 1. The summed E-state index contributed by atoms with van der Waals surface area (Å²) < 4.78 is 5.19. The fourth-order valence-electron chi connectivity index (χ4n) is 1.69. The van der Waals surface area contributed by atoms with Crippen molar-refractivity contribution < 1.29 is 19.4 Å². The van der Waals surface area contributed by atoms with Gasteiger partial charge >= 0.3 is 5.97 Å². The molecule has 1 aliphatic heterocycles. The summed E-state index contributed by atoms with van der Waals surface area (Å²) in [4.78, 5) is 24.6. The molecule has 2 rings (SSSR count). The van der Waals surface area contributed by atoms with Crippen LogP contribution in [0.25, 0.3) is 6.08 Å². The molecular weight excluding hydrogens is 407 g/mol. The Hall–Kier alpha value is -1.68. The first-order chi connectivity index (χ1) is 9.92. The predicted octanol–water partition coefficient (Wildman–Crippen LogP) is 1.23. The number of phenols is 1. The van der Waals surface area contributed by atoms with Gasteiger partial charge in [-0.2, -0.15) is 0 Å². The summed E-state index contributed by atoms with van der Waals surface area (Å²) in [5.41, 5.74) is 1.00. The Morgan fingerprint density at radius 2 is 2.29 bits per heavy atom. The summed E-state index contributed by atoms with van der Waals surface area (Å²) in [6, 6.07) is 4.94. The summed E-state index contributed by atoms with van der Waals surface area (Å²) in [7, 11) is 1.24. The van der Waals surface area contributed by atoms with E-state index in [1.807, 2.05) is 22.6 Å². The van der Waals surface area contributed by atoms with Crippen LogP contribution in [0.2, 0.25) is 0 Å². The Bertz CT molecular complexity index is 660. The highest BCUT2D eigenvalue weighted by atomic mass is 127. The highest BCUT2D eigenvalue weighted by Crippen LogP contribution is 2.22. The second-order valence-electron chi connectivity index (χ2n) is 4.17. The highest BCUT2D eigenvalue weighted by molar-refractivity contribution is 14.1. The van der Waals surface area contributed by atoms with E-state index in [0.29, 0.717) is 3.57 Å². The number of hydrogen-bond acceptors (Lipinski definition) is 5. The van der Waals surface area contributed by atoms with Crippen LogP contribution in [0.3, 0.4) is 0 Å². The van der Waals surface area contributed by atoms with Crippen molar-refractivity contribution in [3.05, 3.63) is 33.0 Å². The van der Waals surface area contributed by atoms with Crippen LogP contribution >= 0.6 is 34.8 Å². The zero-order chi connectivity index (χ0) is 15.6. The van der Waals surface area contributed by atoms with E-state index in [-0.39, 0.29) is 23.1 Å². The smallest absolute Gasteiger partial charge is 0.325 e. The number of carbonyl (C=O) groups is 2. The third kappa shape index (κ3) is 3.50. The van der Waals surface area contributed by atoms with Crippen LogP contribution in [-0.4, -0.2) is 40.6 Å². The van der Waals surface area contributed by atoms with Crippen molar-refractivity contribution in [3.8, 4) is 5.75 Å². The average molecular weight is 418 g/mol. The molecule has 2 N–H and O–H groups in total. The zero-order valence-corrected chi connectivity index (χ0v) is 13.9. The number of aromatic hydroxyl groups is 1. The quantitative estimate of drug-likeness (QED) is 0.333. The molecule has 1 aliphatic rings. The lowest BCUT2D eigenvalue weighted by Gasteiger charge is -2.11. The molecule has 1 aromatic rings. The summed E-state index contributed by atoms with van der Waals surface area (Å²) in [6.45, 7) is -0.231. The van der Waals surface area contributed by atoms with Crippen molar-refractivity contribution in [1.29, 1.82) is 0 Å². The van der Waals surface area contributed by atoms with Gasteiger partial charge in [0.25, 0.3) is 5.91 Å². The Labute approximate surface area is 139 Å². The Morgan fingerprint density at radius 1 is 1.57 bits per heavy atom. The Kier molecular flexibility index (Phi) is 4.78. The topological polar surface area (TPSA) is 78.9 Å². The van der Waals surface area contributed by atoms with Crippen molar-refractivity contribution >= 4 is 57.9 Å². The number of esters is 1. The van der Waals surface area contributed by atoms with E-state index in [4.69, 9.17) is 12.2 Å². The monoisotopic (exact) mass is 418 g/mol. The van der Waals surface area contributed by atoms with Crippen molar-refractivity contribution in [1.82, 2.24) is 10.2 Å². The molecule has 1 heterocycles. The number of thiocarbonyl (C=S) groups is 1. The molecule has 0 bridgehead atoms. The molecule has 0 atom stereocenters. The molecule has 1 saturated heterocycles. The van der Waals surface area contributed by atoms with Crippen LogP contribution in [0.4, 0.5) is 0 Å². The Morgan fingerprint density at radius 3 is 2.90 bits per heavy atom. The summed E-state index contributed by atoms with van der Waals surface area (Å²) >= 11 is 7.02. The van der Waals surface area contributed by atoms with Crippen LogP contribution < -0.4 is 5.32 Å². The minimum atomic E-state index is -0.548. The average Bonchev–Trinajstić information content (AvgIpc) is 2.70. The van der Waals surface area contributed by atoms with Gasteiger partial charge in [-0.3, -0.25) is 14.5 Å².